The topological polar surface area (TPSA) is 51.2 Å². The van der Waals surface area contributed by atoms with Gasteiger partial charge in [0.05, 0.1) is 12.3 Å². The third kappa shape index (κ3) is 3.67. The zero-order valence-electron chi connectivity index (χ0n) is 12.3. The normalized spacial score (nSPS) is 19.1. The van der Waals surface area contributed by atoms with Gasteiger partial charge in [-0.3, -0.25) is 4.79 Å². The quantitative estimate of drug-likeness (QED) is 0.817. The van der Waals surface area contributed by atoms with Crippen molar-refractivity contribution in [1.82, 2.24) is 4.98 Å². The molecule has 0 spiro atoms. The molecule has 1 aliphatic rings. The smallest absolute Gasteiger partial charge is 0.317 e. The molecule has 1 unspecified atom stereocenters. The Kier molecular flexibility index (Phi) is 5.32. The molecule has 1 aliphatic heterocycles. The standard InChI is InChI=1S/C14H22N2O2S2/c1-4-18-12(17)14(2,3)11-9-20-13(16-11)15-8-10-6-5-7-19-10/h9-10H,4-8H2,1-3H3,(H,15,16). The van der Waals surface area contributed by atoms with Gasteiger partial charge in [0.15, 0.2) is 5.13 Å². The Labute approximate surface area is 128 Å². The summed E-state index contributed by atoms with van der Waals surface area (Å²) >= 11 is 3.58. The lowest BCUT2D eigenvalue weighted by molar-refractivity contribution is -0.148. The Morgan fingerprint density at radius 1 is 1.60 bits per heavy atom. The second-order valence-corrected chi connectivity index (χ2v) is 7.67. The van der Waals surface area contributed by atoms with Crippen molar-refractivity contribution in [1.29, 1.82) is 0 Å². The zero-order chi connectivity index (χ0) is 14.6. The lowest BCUT2D eigenvalue weighted by Crippen LogP contribution is -2.31. The molecule has 0 bridgehead atoms. The van der Waals surface area contributed by atoms with Crippen molar-refractivity contribution in [3.8, 4) is 0 Å². The van der Waals surface area contributed by atoms with Crippen LogP contribution >= 0.6 is 23.1 Å². The van der Waals surface area contributed by atoms with Crippen LogP contribution < -0.4 is 5.32 Å². The molecule has 1 saturated heterocycles. The highest BCUT2D eigenvalue weighted by molar-refractivity contribution is 8.00. The third-order valence-corrected chi connectivity index (χ3v) is 5.63. The van der Waals surface area contributed by atoms with Gasteiger partial charge in [-0.25, -0.2) is 4.98 Å². The first-order chi connectivity index (χ1) is 9.54. The van der Waals surface area contributed by atoms with E-state index in [2.05, 4.69) is 10.3 Å². The van der Waals surface area contributed by atoms with Crippen LogP contribution in [0.5, 0.6) is 0 Å². The molecule has 112 valence electrons. The largest absolute Gasteiger partial charge is 0.465 e. The number of carbonyl (C=O) groups is 1. The van der Waals surface area contributed by atoms with Crippen LogP contribution in [-0.2, 0) is 14.9 Å². The van der Waals surface area contributed by atoms with Gasteiger partial charge in [0.25, 0.3) is 0 Å². The van der Waals surface area contributed by atoms with Gasteiger partial charge in [-0.1, -0.05) is 0 Å². The van der Waals surface area contributed by atoms with E-state index in [0.29, 0.717) is 11.9 Å². The molecule has 0 aliphatic carbocycles. The summed E-state index contributed by atoms with van der Waals surface area (Å²) in [5.41, 5.74) is 0.0942. The van der Waals surface area contributed by atoms with E-state index in [0.717, 1.165) is 17.4 Å². The number of anilines is 1. The monoisotopic (exact) mass is 314 g/mol. The second-order valence-electron chi connectivity index (χ2n) is 5.40. The van der Waals surface area contributed by atoms with E-state index in [1.165, 1.54) is 18.6 Å². The van der Waals surface area contributed by atoms with E-state index in [-0.39, 0.29) is 5.97 Å². The summed E-state index contributed by atoms with van der Waals surface area (Å²) in [6.45, 7) is 6.89. The van der Waals surface area contributed by atoms with Crippen molar-refractivity contribution in [2.45, 2.75) is 44.3 Å². The van der Waals surface area contributed by atoms with Crippen LogP contribution in [0.3, 0.4) is 0 Å². The number of esters is 1. The summed E-state index contributed by atoms with van der Waals surface area (Å²) < 4.78 is 5.11. The lowest BCUT2D eigenvalue weighted by atomic mass is 9.90. The van der Waals surface area contributed by atoms with E-state index in [1.54, 1.807) is 11.3 Å². The summed E-state index contributed by atoms with van der Waals surface area (Å²) in [6.07, 6.45) is 2.60. The number of carbonyl (C=O) groups excluding carboxylic acids is 1. The predicted octanol–water partition coefficient (Wildman–Crippen LogP) is 3.29. The van der Waals surface area contributed by atoms with Gasteiger partial charge in [-0.05, 0) is 39.4 Å². The molecule has 1 aromatic rings. The van der Waals surface area contributed by atoms with E-state index in [1.807, 2.05) is 37.9 Å². The molecule has 4 nitrogen and oxygen atoms in total. The Hall–Kier alpha value is -0.750. The van der Waals surface area contributed by atoms with Crippen molar-refractivity contribution in [3.63, 3.8) is 0 Å². The fourth-order valence-corrected chi connectivity index (χ4v) is 4.15. The SMILES string of the molecule is CCOC(=O)C(C)(C)c1csc(NCC2CCCS2)n1. The van der Waals surface area contributed by atoms with E-state index < -0.39 is 5.41 Å². The minimum absolute atomic E-state index is 0.219. The zero-order valence-corrected chi connectivity index (χ0v) is 13.9. The van der Waals surface area contributed by atoms with Gasteiger partial charge in [0.2, 0.25) is 0 Å². The average Bonchev–Trinajstić information content (AvgIpc) is 3.08. The first-order valence-electron chi connectivity index (χ1n) is 7.02. The fourth-order valence-electron chi connectivity index (χ4n) is 2.06. The molecule has 1 fully saturated rings. The number of aromatic nitrogens is 1. The van der Waals surface area contributed by atoms with Crippen LogP contribution in [0.1, 0.15) is 39.3 Å². The minimum Gasteiger partial charge on any atom is -0.465 e. The molecule has 1 N–H and O–H groups in total. The maximum absolute atomic E-state index is 12.0. The molecule has 20 heavy (non-hydrogen) atoms. The summed E-state index contributed by atoms with van der Waals surface area (Å²) in [7, 11) is 0. The van der Waals surface area contributed by atoms with Crippen LogP contribution in [0.15, 0.2) is 5.38 Å². The van der Waals surface area contributed by atoms with Crippen molar-refractivity contribution in [2.75, 3.05) is 24.2 Å². The van der Waals surface area contributed by atoms with Crippen LogP contribution in [0.2, 0.25) is 0 Å². The number of nitrogens with zero attached hydrogens (tertiary/aromatic N) is 1. The molecule has 0 radical (unpaired) electrons. The Morgan fingerprint density at radius 3 is 3.05 bits per heavy atom. The van der Waals surface area contributed by atoms with Crippen LogP contribution in [0.4, 0.5) is 5.13 Å². The highest BCUT2D eigenvalue weighted by atomic mass is 32.2. The van der Waals surface area contributed by atoms with Crippen molar-refractivity contribution in [2.24, 2.45) is 0 Å². The molecule has 6 heteroatoms. The van der Waals surface area contributed by atoms with Crippen molar-refractivity contribution < 1.29 is 9.53 Å². The van der Waals surface area contributed by atoms with Crippen LogP contribution in [-0.4, -0.2) is 35.1 Å². The maximum atomic E-state index is 12.0. The molecule has 0 aromatic carbocycles. The van der Waals surface area contributed by atoms with Gasteiger partial charge in [0, 0.05) is 17.2 Å². The van der Waals surface area contributed by atoms with Gasteiger partial charge in [-0.2, -0.15) is 11.8 Å². The maximum Gasteiger partial charge on any atom is 0.317 e. The second kappa shape index (κ2) is 6.80. The van der Waals surface area contributed by atoms with Crippen molar-refractivity contribution in [3.05, 3.63) is 11.1 Å². The number of thioether (sulfide) groups is 1. The molecular formula is C14H22N2O2S2. The fraction of sp³-hybridized carbons (Fsp3) is 0.714. The molecule has 1 atom stereocenters. The first kappa shape index (κ1) is 15.6. The first-order valence-corrected chi connectivity index (χ1v) is 8.95. The molecule has 1 aromatic heterocycles. The van der Waals surface area contributed by atoms with E-state index in [4.69, 9.17) is 4.74 Å². The molecule has 0 saturated carbocycles. The summed E-state index contributed by atoms with van der Waals surface area (Å²) in [6, 6.07) is 0. The lowest BCUT2D eigenvalue weighted by Gasteiger charge is -2.19. The van der Waals surface area contributed by atoms with E-state index >= 15 is 0 Å². The molecule has 2 rings (SSSR count). The number of thiazole rings is 1. The van der Waals surface area contributed by atoms with Gasteiger partial charge < -0.3 is 10.1 Å². The van der Waals surface area contributed by atoms with E-state index in [9.17, 15) is 4.79 Å². The molecule has 2 heterocycles. The van der Waals surface area contributed by atoms with Crippen LogP contribution in [0.25, 0.3) is 0 Å². The van der Waals surface area contributed by atoms with Crippen LogP contribution in [0, 0.1) is 0 Å². The Balaban J connectivity index is 1.95. The minimum atomic E-state index is -0.686. The van der Waals surface area contributed by atoms with Crippen molar-refractivity contribution >= 4 is 34.2 Å². The van der Waals surface area contributed by atoms with Gasteiger partial charge >= 0.3 is 5.97 Å². The summed E-state index contributed by atoms with van der Waals surface area (Å²) in [5, 5.41) is 6.92. The highest BCUT2D eigenvalue weighted by Crippen LogP contribution is 2.30. The molecule has 0 amide bonds. The Morgan fingerprint density at radius 2 is 2.40 bits per heavy atom. The third-order valence-electron chi connectivity index (χ3n) is 3.44. The molecular weight excluding hydrogens is 292 g/mol. The number of hydrogen-bond acceptors (Lipinski definition) is 6. The van der Waals surface area contributed by atoms with Gasteiger partial charge in [0.1, 0.15) is 5.41 Å². The van der Waals surface area contributed by atoms with Gasteiger partial charge in [-0.15, -0.1) is 11.3 Å². The number of nitrogens with one attached hydrogen (secondary N) is 1. The summed E-state index contributed by atoms with van der Waals surface area (Å²) in [5.74, 6) is 1.05. The Bertz CT molecular complexity index is 454. The average molecular weight is 314 g/mol. The number of hydrogen-bond donors (Lipinski definition) is 1. The summed E-state index contributed by atoms with van der Waals surface area (Å²) in [4.78, 5) is 16.5. The number of rotatable bonds is 6. The highest BCUT2D eigenvalue weighted by Gasteiger charge is 2.34. The predicted molar refractivity (Wildman–Crippen MR) is 85.7 cm³/mol. The number of ether oxygens (including phenoxy) is 1.